The minimum atomic E-state index is -3.21. The predicted octanol–water partition coefficient (Wildman–Crippen LogP) is 1.09. The van der Waals surface area contributed by atoms with E-state index in [9.17, 15) is 23.5 Å². The SMILES string of the molecule is N#Cc1cc(C(O)C(=O)O)c(C=O)cc1OC(F)F. The minimum Gasteiger partial charge on any atom is -0.479 e. The molecule has 1 aromatic rings. The van der Waals surface area contributed by atoms with E-state index in [-0.39, 0.29) is 17.4 Å². The van der Waals surface area contributed by atoms with E-state index in [1.54, 1.807) is 0 Å². The molecule has 2 N–H and O–H groups in total. The summed E-state index contributed by atoms with van der Waals surface area (Å²) >= 11 is 0. The second kappa shape index (κ2) is 5.88. The number of carbonyl (C=O) groups is 2. The van der Waals surface area contributed by atoms with Crippen LogP contribution in [0.2, 0.25) is 0 Å². The fourth-order valence-corrected chi connectivity index (χ4v) is 1.37. The molecule has 1 unspecified atom stereocenters. The van der Waals surface area contributed by atoms with E-state index in [4.69, 9.17) is 10.4 Å². The third-order valence-corrected chi connectivity index (χ3v) is 2.18. The highest BCUT2D eigenvalue weighted by molar-refractivity contribution is 5.84. The first-order chi connectivity index (χ1) is 8.90. The number of carboxylic acid groups (broad SMARTS) is 1. The van der Waals surface area contributed by atoms with Crippen LogP contribution in [0.15, 0.2) is 12.1 Å². The van der Waals surface area contributed by atoms with Crippen molar-refractivity contribution in [2.24, 2.45) is 0 Å². The molecule has 1 aromatic carbocycles. The maximum absolute atomic E-state index is 12.1. The van der Waals surface area contributed by atoms with Gasteiger partial charge in [0.15, 0.2) is 12.4 Å². The summed E-state index contributed by atoms with van der Waals surface area (Å²) in [7, 11) is 0. The lowest BCUT2D eigenvalue weighted by molar-refractivity contribution is -0.147. The minimum absolute atomic E-state index is 0.168. The second-order valence-corrected chi connectivity index (χ2v) is 3.33. The first-order valence-electron chi connectivity index (χ1n) is 4.79. The first kappa shape index (κ1) is 14.5. The Bertz CT molecular complexity index is 553. The lowest BCUT2D eigenvalue weighted by Gasteiger charge is -2.12. The Kier molecular flexibility index (Phi) is 4.50. The third-order valence-electron chi connectivity index (χ3n) is 2.18. The van der Waals surface area contributed by atoms with Gasteiger partial charge >= 0.3 is 12.6 Å². The van der Waals surface area contributed by atoms with E-state index >= 15 is 0 Å². The summed E-state index contributed by atoms with van der Waals surface area (Å²) in [6.07, 6.45) is -1.88. The number of halogens is 2. The van der Waals surface area contributed by atoms with E-state index in [0.29, 0.717) is 0 Å². The van der Waals surface area contributed by atoms with Gasteiger partial charge in [-0.05, 0) is 12.1 Å². The average Bonchev–Trinajstić information content (AvgIpc) is 2.36. The Morgan fingerprint density at radius 2 is 2.11 bits per heavy atom. The molecule has 0 aliphatic rings. The number of ether oxygens (including phenoxy) is 1. The Morgan fingerprint density at radius 1 is 1.47 bits per heavy atom. The molecule has 0 aliphatic carbocycles. The Morgan fingerprint density at radius 3 is 2.53 bits per heavy atom. The van der Waals surface area contributed by atoms with Crippen LogP contribution in [-0.2, 0) is 4.79 Å². The molecule has 1 atom stereocenters. The number of aliphatic carboxylic acids is 1. The van der Waals surface area contributed by atoms with Crippen molar-refractivity contribution in [2.45, 2.75) is 12.7 Å². The van der Waals surface area contributed by atoms with E-state index in [1.165, 1.54) is 6.07 Å². The molecule has 0 fully saturated rings. The predicted molar refractivity (Wildman–Crippen MR) is 55.8 cm³/mol. The molecule has 8 heteroatoms. The van der Waals surface area contributed by atoms with Crippen LogP contribution in [-0.4, -0.2) is 29.1 Å². The molecule has 0 radical (unpaired) electrons. The topological polar surface area (TPSA) is 108 Å². The van der Waals surface area contributed by atoms with Crippen molar-refractivity contribution in [3.05, 3.63) is 28.8 Å². The van der Waals surface area contributed by atoms with Crippen molar-refractivity contribution in [1.82, 2.24) is 0 Å². The van der Waals surface area contributed by atoms with Crippen LogP contribution in [0.1, 0.15) is 27.6 Å². The molecule has 0 heterocycles. The van der Waals surface area contributed by atoms with Crippen LogP contribution in [0.4, 0.5) is 8.78 Å². The average molecular weight is 271 g/mol. The van der Waals surface area contributed by atoms with E-state index in [0.717, 1.165) is 12.1 Å². The lowest BCUT2D eigenvalue weighted by atomic mass is 9.99. The third kappa shape index (κ3) is 3.23. The van der Waals surface area contributed by atoms with Gasteiger partial charge < -0.3 is 14.9 Å². The summed E-state index contributed by atoms with van der Waals surface area (Å²) in [6.45, 7) is -3.21. The van der Waals surface area contributed by atoms with E-state index < -0.39 is 30.0 Å². The normalized spacial score (nSPS) is 11.7. The highest BCUT2D eigenvalue weighted by atomic mass is 19.3. The van der Waals surface area contributed by atoms with Crippen molar-refractivity contribution in [2.75, 3.05) is 0 Å². The summed E-state index contributed by atoms with van der Waals surface area (Å²) in [4.78, 5) is 21.4. The summed E-state index contributed by atoms with van der Waals surface area (Å²) in [6, 6.07) is 3.10. The maximum atomic E-state index is 12.1. The smallest absolute Gasteiger partial charge is 0.387 e. The Labute approximate surface area is 105 Å². The monoisotopic (exact) mass is 271 g/mol. The van der Waals surface area contributed by atoms with Crippen LogP contribution >= 0.6 is 0 Å². The first-order valence-corrected chi connectivity index (χ1v) is 4.79. The zero-order chi connectivity index (χ0) is 14.6. The number of aliphatic hydroxyl groups excluding tert-OH is 1. The van der Waals surface area contributed by atoms with Gasteiger partial charge in [0.05, 0.1) is 5.56 Å². The van der Waals surface area contributed by atoms with Crippen molar-refractivity contribution < 1.29 is 33.3 Å². The van der Waals surface area contributed by atoms with Gasteiger partial charge in [-0.3, -0.25) is 4.79 Å². The fraction of sp³-hybridized carbons (Fsp3) is 0.182. The molecule has 0 amide bonds. The molecular weight excluding hydrogens is 264 g/mol. The van der Waals surface area contributed by atoms with Crippen molar-refractivity contribution >= 4 is 12.3 Å². The van der Waals surface area contributed by atoms with Gasteiger partial charge in [0.25, 0.3) is 0 Å². The van der Waals surface area contributed by atoms with E-state index in [2.05, 4.69) is 4.74 Å². The molecule has 0 spiro atoms. The van der Waals surface area contributed by atoms with Gasteiger partial charge in [-0.2, -0.15) is 14.0 Å². The molecule has 0 bridgehead atoms. The van der Waals surface area contributed by atoms with Crippen molar-refractivity contribution in [1.29, 1.82) is 5.26 Å². The number of rotatable bonds is 5. The second-order valence-electron chi connectivity index (χ2n) is 3.33. The number of aliphatic hydroxyl groups is 1. The van der Waals surface area contributed by atoms with Crippen LogP contribution in [0.5, 0.6) is 5.75 Å². The number of hydrogen-bond acceptors (Lipinski definition) is 5. The Hall–Kier alpha value is -2.53. The fourth-order valence-electron chi connectivity index (χ4n) is 1.37. The van der Waals surface area contributed by atoms with Crippen LogP contribution in [0.25, 0.3) is 0 Å². The molecular formula is C11H7F2NO5. The number of hydrogen-bond donors (Lipinski definition) is 2. The summed E-state index contributed by atoms with van der Waals surface area (Å²) in [5.74, 6) is -2.21. The zero-order valence-electron chi connectivity index (χ0n) is 9.21. The van der Waals surface area contributed by atoms with Gasteiger partial charge in [0.2, 0.25) is 0 Å². The quantitative estimate of drug-likeness (QED) is 0.776. The number of alkyl halides is 2. The van der Waals surface area contributed by atoms with Crippen LogP contribution < -0.4 is 4.74 Å². The summed E-state index contributed by atoms with van der Waals surface area (Å²) in [5, 5.41) is 26.7. The van der Waals surface area contributed by atoms with Crippen LogP contribution in [0, 0.1) is 11.3 Å². The zero-order valence-corrected chi connectivity index (χ0v) is 9.21. The molecule has 100 valence electrons. The molecule has 0 saturated carbocycles. The number of nitrogens with zero attached hydrogens (tertiary/aromatic N) is 1. The van der Waals surface area contributed by atoms with Gasteiger partial charge in [-0.15, -0.1) is 0 Å². The lowest BCUT2D eigenvalue weighted by Crippen LogP contribution is -2.14. The van der Waals surface area contributed by atoms with Gasteiger partial charge in [-0.1, -0.05) is 0 Å². The number of benzene rings is 1. The number of carboxylic acids is 1. The number of carbonyl (C=O) groups excluding carboxylic acids is 1. The van der Waals surface area contributed by atoms with E-state index in [1.807, 2.05) is 0 Å². The van der Waals surface area contributed by atoms with Gasteiger partial charge in [-0.25, -0.2) is 4.79 Å². The van der Waals surface area contributed by atoms with Gasteiger partial charge in [0.1, 0.15) is 11.8 Å². The Balaban J connectivity index is 3.40. The summed E-state index contributed by atoms with van der Waals surface area (Å²) in [5.41, 5.74) is -1.15. The molecule has 0 saturated heterocycles. The van der Waals surface area contributed by atoms with Gasteiger partial charge in [0, 0.05) is 11.1 Å². The number of nitriles is 1. The standard InChI is InChI=1S/C11H7F2NO5/c12-11(13)19-8-2-6(4-15)7(1-5(8)3-14)9(16)10(17)18/h1-2,4,9,11,16H,(H,17,18). The molecule has 1 rings (SSSR count). The summed E-state index contributed by atoms with van der Waals surface area (Å²) < 4.78 is 28.2. The molecule has 6 nitrogen and oxygen atoms in total. The number of aldehydes is 1. The highest BCUT2D eigenvalue weighted by Gasteiger charge is 2.23. The molecule has 0 aromatic heterocycles. The maximum Gasteiger partial charge on any atom is 0.387 e. The molecule has 0 aliphatic heterocycles. The van der Waals surface area contributed by atoms with Crippen molar-refractivity contribution in [3.8, 4) is 11.8 Å². The van der Waals surface area contributed by atoms with Crippen molar-refractivity contribution in [3.63, 3.8) is 0 Å². The highest BCUT2D eigenvalue weighted by Crippen LogP contribution is 2.27. The van der Waals surface area contributed by atoms with Crippen LogP contribution in [0.3, 0.4) is 0 Å². The molecule has 19 heavy (non-hydrogen) atoms. The largest absolute Gasteiger partial charge is 0.479 e.